The van der Waals surface area contributed by atoms with Crippen LogP contribution in [0.2, 0.25) is 0 Å². The van der Waals surface area contributed by atoms with Gasteiger partial charge in [0.05, 0.1) is 5.56 Å². The molecule has 1 amide bonds. The molecule has 1 saturated heterocycles. The number of nitrogens with zero attached hydrogens (tertiary/aromatic N) is 2. The van der Waals surface area contributed by atoms with Crippen molar-refractivity contribution in [3.05, 3.63) is 29.6 Å². The average Bonchev–Trinajstić information content (AvgIpc) is 2.38. The summed E-state index contributed by atoms with van der Waals surface area (Å²) in [6, 6.07) is 1.05. The van der Waals surface area contributed by atoms with Crippen molar-refractivity contribution >= 4 is 11.9 Å². The molecule has 18 heavy (non-hydrogen) atoms. The highest BCUT2D eigenvalue weighted by molar-refractivity contribution is 5.97. The molecular weight excluding hydrogens is 232 g/mol. The Morgan fingerprint density at radius 2 is 2.22 bits per heavy atom. The van der Waals surface area contributed by atoms with Crippen molar-refractivity contribution in [2.24, 2.45) is 0 Å². The normalized spacial score (nSPS) is 19.6. The van der Waals surface area contributed by atoms with Gasteiger partial charge in [0, 0.05) is 18.9 Å². The minimum absolute atomic E-state index is 0.229. The SMILES string of the molecule is Cc1ccncc1C(=O)N1CCCCC1C(=O)O. The molecule has 2 heterocycles. The van der Waals surface area contributed by atoms with Crippen LogP contribution in [0.3, 0.4) is 0 Å². The Balaban J connectivity index is 2.27. The number of piperidine rings is 1. The first kappa shape index (κ1) is 12.5. The second-order valence-corrected chi connectivity index (χ2v) is 4.54. The number of hydrogen-bond donors (Lipinski definition) is 1. The van der Waals surface area contributed by atoms with E-state index in [-0.39, 0.29) is 5.91 Å². The van der Waals surface area contributed by atoms with E-state index in [9.17, 15) is 9.59 Å². The van der Waals surface area contributed by atoms with E-state index in [2.05, 4.69) is 4.98 Å². The second kappa shape index (κ2) is 5.16. The fraction of sp³-hybridized carbons (Fsp3) is 0.462. The summed E-state index contributed by atoms with van der Waals surface area (Å²) in [5.74, 6) is -1.16. The van der Waals surface area contributed by atoms with Gasteiger partial charge in [0.15, 0.2) is 0 Å². The van der Waals surface area contributed by atoms with Gasteiger partial charge in [-0.1, -0.05) is 0 Å². The van der Waals surface area contributed by atoms with Gasteiger partial charge in [0.1, 0.15) is 6.04 Å². The van der Waals surface area contributed by atoms with Crippen LogP contribution in [0.5, 0.6) is 0 Å². The van der Waals surface area contributed by atoms with Crippen molar-refractivity contribution in [2.75, 3.05) is 6.54 Å². The first-order chi connectivity index (χ1) is 8.61. The molecule has 1 aromatic rings. The highest BCUT2D eigenvalue weighted by atomic mass is 16.4. The Morgan fingerprint density at radius 1 is 1.44 bits per heavy atom. The molecule has 1 atom stereocenters. The third-order valence-electron chi connectivity index (χ3n) is 3.32. The van der Waals surface area contributed by atoms with E-state index in [1.807, 2.05) is 6.92 Å². The van der Waals surface area contributed by atoms with Gasteiger partial charge in [-0.3, -0.25) is 9.78 Å². The zero-order valence-electron chi connectivity index (χ0n) is 10.3. The topological polar surface area (TPSA) is 70.5 Å². The third-order valence-corrected chi connectivity index (χ3v) is 3.32. The number of carboxylic acids is 1. The van der Waals surface area contributed by atoms with Gasteiger partial charge >= 0.3 is 5.97 Å². The van der Waals surface area contributed by atoms with Crippen LogP contribution in [0, 0.1) is 6.92 Å². The molecule has 5 heteroatoms. The monoisotopic (exact) mass is 248 g/mol. The molecular formula is C13H16N2O3. The molecule has 1 N–H and O–H groups in total. The predicted octanol–water partition coefficient (Wildman–Crippen LogP) is 1.47. The van der Waals surface area contributed by atoms with Gasteiger partial charge in [-0.25, -0.2) is 4.79 Å². The third kappa shape index (κ3) is 2.34. The number of hydrogen-bond acceptors (Lipinski definition) is 3. The number of aromatic nitrogens is 1. The van der Waals surface area contributed by atoms with Crippen molar-refractivity contribution in [3.63, 3.8) is 0 Å². The van der Waals surface area contributed by atoms with Gasteiger partial charge < -0.3 is 10.0 Å². The van der Waals surface area contributed by atoms with Crippen LogP contribution < -0.4 is 0 Å². The summed E-state index contributed by atoms with van der Waals surface area (Å²) < 4.78 is 0. The van der Waals surface area contributed by atoms with Gasteiger partial charge in [-0.05, 0) is 37.8 Å². The van der Waals surface area contributed by atoms with Crippen molar-refractivity contribution in [2.45, 2.75) is 32.2 Å². The molecule has 0 radical (unpaired) electrons. The Kier molecular flexibility index (Phi) is 3.60. The molecule has 1 aliphatic heterocycles. The number of aliphatic carboxylic acids is 1. The Morgan fingerprint density at radius 3 is 2.89 bits per heavy atom. The first-order valence-electron chi connectivity index (χ1n) is 6.05. The van der Waals surface area contributed by atoms with E-state index in [0.717, 1.165) is 18.4 Å². The van der Waals surface area contributed by atoms with Gasteiger partial charge in [-0.15, -0.1) is 0 Å². The van der Waals surface area contributed by atoms with Crippen molar-refractivity contribution in [1.82, 2.24) is 9.88 Å². The van der Waals surface area contributed by atoms with Crippen molar-refractivity contribution in [1.29, 1.82) is 0 Å². The number of carboxylic acid groups (broad SMARTS) is 1. The fourth-order valence-corrected chi connectivity index (χ4v) is 2.27. The molecule has 0 aliphatic carbocycles. The quantitative estimate of drug-likeness (QED) is 0.860. The predicted molar refractivity (Wildman–Crippen MR) is 65.3 cm³/mol. The summed E-state index contributed by atoms with van der Waals surface area (Å²) >= 11 is 0. The number of aryl methyl sites for hydroxylation is 1. The van der Waals surface area contributed by atoms with Crippen LogP contribution in [0.25, 0.3) is 0 Å². The Labute approximate surface area is 105 Å². The molecule has 96 valence electrons. The van der Waals surface area contributed by atoms with Crippen molar-refractivity contribution in [3.8, 4) is 0 Å². The largest absolute Gasteiger partial charge is 0.480 e. The molecule has 5 nitrogen and oxygen atoms in total. The lowest BCUT2D eigenvalue weighted by molar-refractivity contribution is -0.143. The summed E-state index contributed by atoms with van der Waals surface area (Å²) in [5.41, 5.74) is 1.32. The van der Waals surface area contributed by atoms with E-state index < -0.39 is 12.0 Å². The highest BCUT2D eigenvalue weighted by Gasteiger charge is 2.32. The Hall–Kier alpha value is -1.91. The molecule has 1 aliphatic rings. The van der Waals surface area contributed by atoms with E-state index in [1.165, 1.54) is 11.1 Å². The summed E-state index contributed by atoms with van der Waals surface area (Å²) in [6.45, 7) is 2.33. The molecule has 0 bridgehead atoms. The molecule has 1 aromatic heterocycles. The van der Waals surface area contributed by atoms with E-state index in [4.69, 9.17) is 5.11 Å². The van der Waals surface area contributed by atoms with E-state index in [1.54, 1.807) is 12.3 Å². The van der Waals surface area contributed by atoms with Crippen LogP contribution in [-0.4, -0.2) is 39.5 Å². The maximum absolute atomic E-state index is 12.4. The summed E-state index contributed by atoms with van der Waals surface area (Å²) in [7, 11) is 0. The molecule has 0 spiro atoms. The van der Waals surface area contributed by atoms with E-state index >= 15 is 0 Å². The number of carbonyl (C=O) groups excluding carboxylic acids is 1. The molecule has 0 aromatic carbocycles. The van der Waals surface area contributed by atoms with Crippen LogP contribution >= 0.6 is 0 Å². The zero-order valence-corrected chi connectivity index (χ0v) is 10.3. The van der Waals surface area contributed by atoms with Gasteiger partial charge in [0.25, 0.3) is 5.91 Å². The number of carbonyl (C=O) groups is 2. The minimum atomic E-state index is -0.926. The number of likely N-dealkylation sites (tertiary alicyclic amines) is 1. The van der Waals surface area contributed by atoms with Crippen LogP contribution in [0.1, 0.15) is 35.2 Å². The van der Waals surface area contributed by atoms with Crippen LogP contribution in [0.15, 0.2) is 18.5 Å². The maximum atomic E-state index is 12.4. The second-order valence-electron chi connectivity index (χ2n) is 4.54. The molecule has 2 rings (SSSR count). The summed E-state index contributed by atoms with van der Waals surface area (Å²) in [6.07, 6.45) is 5.37. The maximum Gasteiger partial charge on any atom is 0.326 e. The molecule has 0 saturated carbocycles. The Bertz CT molecular complexity index is 473. The smallest absolute Gasteiger partial charge is 0.326 e. The zero-order chi connectivity index (χ0) is 13.1. The number of pyridine rings is 1. The van der Waals surface area contributed by atoms with Gasteiger partial charge in [0.2, 0.25) is 0 Å². The lowest BCUT2D eigenvalue weighted by Gasteiger charge is -2.33. The first-order valence-corrected chi connectivity index (χ1v) is 6.05. The van der Waals surface area contributed by atoms with Gasteiger partial charge in [-0.2, -0.15) is 0 Å². The number of rotatable bonds is 2. The van der Waals surface area contributed by atoms with Crippen molar-refractivity contribution < 1.29 is 14.7 Å². The van der Waals surface area contributed by atoms with Crippen LogP contribution in [0.4, 0.5) is 0 Å². The standard InChI is InChI=1S/C13H16N2O3/c1-9-5-6-14-8-10(9)12(16)15-7-3-2-4-11(15)13(17)18/h5-6,8,11H,2-4,7H2,1H3,(H,17,18). The summed E-state index contributed by atoms with van der Waals surface area (Å²) in [5, 5.41) is 9.16. The lowest BCUT2D eigenvalue weighted by atomic mass is 10.0. The molecule has 1 unspecified atom stereocenters. The minimum Gasteiger partial charge on any atom is -0.480 e. The lowest BCUT2D eigenvalue weighted by Crippen LogP contribution is -2.48. The van der Waals surface area contributed by atoms with E-state index in [0.29, 0.717) is 18.5 Å². The summed E-state index contributed by atoms with van der Waals surface area (Å²) in [4.78, 5) is 28.9. The molecule has 1 fully saturated rings. The average molecular weight is 248 g/mol. The fourth-order valence-electron chi connectivity index (χ4n) is 2.27. The number of amides is 1. The highest BCUT2D eigenvalue weighted by Crippen LogP contribution is 2.20. The van der Waals surface area contributed by atoms with Crippen LogP contribution in [-0.2, 0) is 4.79 Å².